The van der Waals surface area contributed by atoms with Crippen LogP contribution in [0.3, 0.4) is 0 Å². The third-order valence-corrected chi connectivity index (χ3v) is 6.34. The molecule has 0 bridgehead atoms. The summed E-state index contributed by atoms with van der Waals surface area (Å²) in [6.07, 6.45) is 7.35. The molecular weight excluding hydrogens is 342 g/mol. The van der Waals surface area contributed by atoms with Crippen molar-refractivity contribution < 1.29 is 19.0 Å². The van der Waals surface area contributed by atoms with Crippen molar-refractivity contribution >= 4 is 5.91 Å². The minimum absolute atomic E-state index is 0.0976. The Morgan fingerprint density at radius 2 is 1.89 bits per heavy atom. The molecule has 1 unspecified atom stereocenters. The van der Waals surface area contributed by atoms with Crippen molar-refractivity contribution in [2.24, 2.45) is 5.92 Å². The van der Waals surface area contributed by atoms with Crippen LogP contribution >= 0.6 is 0 Å². The molecule has 1 amide bonds. The largest absolute Gasteiger partial charge is 0.491 e. The van der Waals surface area contributed by atoms with Gasteiger partial charge in [-0.15, -0.1) is 0 Å². The van der Waals surface area contributed by atoms with Crippen LogP contribution in [0.15, 0.2) is 30.3 Å². The van der Waals surface area contributed by atoms with Crippen molar-refractivity contribution in [3.8, 4) is 5.75 Å². The lowest BCUT2D eigenvalue weighted by Gasteiger charge is -2.47. The number of hydrogen-bond donors (Lipinski definition) is 0. The molecule has 0 N–H and O–H groups in total. The van der Waals surface area contributed by atoms with Crippen LogP contribution in [0.1, 0.15) is 44.9 Å². The molecule has 1 aromatic rings. The first-order valence-electron chi connectivity index (χ1n) is 10.5. The molecule has 1 atom stereocenters. The molecule has 2 saturated heterocycles. The van der Waals surface area contributed by atoms with E-state index in [0.717, 1.165) is 64.0 Å². The van der Waals surface area contributed by atoms with Gasteiger partial charge in [0.05, 0.1) is 18.3 Å². The molecule has 1 saturated carbocycles. The Hall–Kier alpha value is -1.59. The first-order chi connectivity index (χ1) is 13.2. The second-order valence-electron chi connectivity index (χ2n) is 8.13. The Kier molecular flexibility index (Phi) is 5.98. The summed E-state index contributed by atoms with van der Waals surface area (Å²) in [7, 11) is 0. The first-order valence-corrected chi connectivity index (χ1v) is 10.5. The van der Waals surface area contributed by atoms with Gasteiger partial charge in [-0.25, -0.2) is 0 Å². The van der Waals surface area contributed by atoms with E-state index in [4.69, 9.17) is 14.2 Å². The molecule has 1 aliphatic carbocycles. The monoisotopic (exact) mass is 373 g/mol. The fourth-order valence-corrected chi connectivity index (χ4v) is 4.41. The van der Waals surface area contributed by atoms with E-state index in [9.17, 15) is 4.79 Å². The van der Waals surface area contributed by atoms with Crippen LogP contribution in [-0.2, 0) is 14.3 Å². The third kappa shape index (κ3) is 4.64. The Balaban J connectivity index is 1.19. The summed E-state index contributed by atoms with van der Waals surface area (Å²) >= 11 is 0. The van der Waals surface area contributed by atoms with Crippen LogP contribution < -0.4 is 4.74 Å². The molecule has 1 aromatic carbocycles. The highest BCUT2D eigenvalue weighted by Gasteiger charge is 2.42. The van der Waals surface area contributed by atoms with Crippen LogP contribution in [0.5, 0.6) is 5.75 Å². The molecule has 27 heavy (non-hydrogen) atoms. The van der Waals surface area contributed by atoms with E-state index in [0.29, 0.717) is 25.0 Å². The van der Waals surface area contributed by atoms with Gasteiger partial charge in [0, 0.05) is 32.0 Å². The maximum absolute atomic E-state index is 12.5. The zero-order valence-electron chi connectivity index (χ0n) is 16.1. The predicted molar refractivity (Wildman–Crippen MR) is 103 cm³/mol. The lowest BCUT2D eigenvalue weighted by atomic mass is 9.81. The highest BCUT2D eigenvalue weighted by atomic mass is 16.5. The standard InChI is InChI=1S/C22H31NO4/c24-21(18-5-4-6-18)23-12-10-22(11-13-23)17-20(9-14-27-22)26-16-15-25-19-7-2-1-3-8-19/h1-3,7-8,18,20H,4-6,9-17H2. The SMILES string of the molecule is O=C(C1CCC1)N1CCC2(CC1)CC(OCCOc1ccccc1)CCO2. The molecule has 3 fully saturated rings. The van der Waals surface area contributed by atoms with E-state index in [1.807, 2.05) is 30.3 Å². The normalized spacial score (nSPS) is 25.2. The van der Waals surface area contributed by atoms with Gasteiger partial charge < -0.3 is 19.1 Å². The van der Waals surface area contributed by atoms with Crippen molar-refractivity contribution in [3.05, 3.63) is 30.3 Å². The Labute approximate surface area is 162 Å². The highest BCUT2D eigenvalue weighted by molar-refractivity contribution is 5.79. The van der Waals surface area contributed by atoms with Gasteiger partial charge in [-0.1, -0.05) is 24.6 Å². The molecule has 2 heterocycles. The lowest BCUT2D eigenvalue weighted by Crippen LogP contribution is -2.53. The van der Waals surface area contributed by atoms with E-state index < -0.39 is 0 Å². The summed E-state index contributed by atoms with van der Waals surface area (Å²) in [6.45, 7) is 3.58. The minimum atomic E-state index is -0.0976. The number of carbonyl (C=O) groups is 1. The number of likely N-dealkylation sites (tertiary alicyclic amines) is 1. The Morgan fingerprint density at radius 3 is 2.59 bits per heavy atom. The first kappa shape index (κ1) is 18.8. The van der Waals surface area contributed by atoms with E-state index >= 15 is 0 Å². The zero-order valence-corrected chi connectivity index (χ0v) is 16.1. The van der Waals surface area contributed by atoms with Gasteiger partial charge in [-0.05, 0) is 44.2 Å². The number of benzene rings is 1. The number of piperidine rings is 1. The molecule has 2 aliphatic heterocycles. The van der Waals surface area contributed by atoms with Crippen molar-refractivity contribution in [3.63, 3.8) is 0 Å². The summed E-state index contributed by atoms with van der Waals surface area (Å²) in [6, 6.07) is 9.85. The number of carbonyl (C=O) groups excluding carboxylic acids is 1. The van der Waals surface area contributed by atoms with E-state index in [-0.39, 0.29) is 11.7 Å². The number of hydrogen-bond acceptors (Lipinski definition) is 4. The van der Waals surface area contributed by atoms with Crippen molar-refractivity contribution in [1.29, 1.82) is 0 Å². The summed E-state index contributed by atoms with van der Waals surface area (Å²) in [5.41, 5.74) is -0.0976. The van der Waals surface area contributed by atoms with Gasteiger partial charge in [0.15, 0.2) is 0 Å². The summed E-state index contributed by atoms with van der Waals surface area (Å²) < 4.78 is 18.0. The Bertz CT molecular complexity index is 608. The fourth-order valence-electron chi connectivity index (χ4n) is 4.41. The van der Waals surface area contributed by atoms with Gasteiger partial charge in [-0.3, -0.25) is 4.79 Å². The zero-order chi connectivity index (χ0) is 18.5. The summed E-state index contributed by atoms with van der Waals surface area (Å²) in [5, 5.41) is 0. The minimum Gasteiger partial charge on any atom is -0.491 e. The molecule has 3 aliphatic rings. The van der Waals surface area contributed by atoms with Crippen LogP contribution in [-0.4, -0.2) is 55.4 Å². The van der Waals surface area contributed by atoms with Gasteiger partial charge in [0.2, 0.25) is 5.91 Å². The second-order valence-corrected chi connectivity index (χ2v) is 8.13. The Morgan fingerprint density at radius 1 is 1.11 bits per heavy atom. The summed E-state index contributed by atoms with van der Waals surface area (Å²) in [4.78, 5) is 14.5. The van der Waals surface area contributed by atoms with E-state index in [2.05, 4.69) is 4.90 Å². The molecule has 4 rings (SSSR count). The maximum Gasteiger partial charge on any atom is 0.225 e. The second kappa shape index (κ2) is 8.61. The highest BCUT2D eigenvalue weighted by Crippen LogP contribution is 2.37. The number of amides is 1. The van der Waals surface area contributed by atoms with Gasteiger partial charge >= 0.3 is 0 Å². The molecule has 5 heteroatoms. The molecule has 0 radical (unpaired) electrons. The van der Waals surface area contributed by atoms with Crippen LogP contribution in [0.2, 0.25) is 0 Å². The maximum atomic E-state index is 12.5. The average molecular weight is 373 g/mol. The third-order valence-electron chi connectivity index (χ3n) is 6.34. The van der Waals surface area contributed by atoms with Gasteiger partial charge in [0.1, 0.15) is 12.4 Å². The van der Waals surface area contributed by atoms with E-state index in [1.165, 1.54) is 6.42 Å². The smallest absolute Gasteiger partial charge is 0.225 e. The number of rotatable bonds is 6. The van der Waals surface area contributed by atoms with Crippen LogP contribution in [0, 0.1) is 5.92 Å². The van der Waals surface area contributed by atoms with Crippen molar-refractivity contribution in [1.82, 2.24) is 4.90 Å². The van der Waals surface area contributed by atoms with Crippen molar-refractivity contribution in [2.45, 2.75) is 56.7 Å². The molecular formula is C22H31NO4. The topological polar surface area (TPSA) is 48.0 Å². The van der Waals surface area contributed by atoms with Crippen LogP contribution in [0.4, 0.5) is 0 Å². The van der Waals surface area contributed by atoms with E-state index in [1.54, 1.807) is 0 Å². The number of ether oxygens (including phenoxy) is 3. The average Bonchev–Trinajstić information content (AvgIpc) is 2.65. The molecule has 148 valence electrons. The number of nitrogens with zero attached hydrogens (tertiary/aromatic N) is 1. The molecule has 0 aromatic heterocycles. The lowest BCUT2D eigenvalue weighted by molar-refractivity contribution is -0.164. The fraction of sp³-hybridized carbons (Fsp3) is 0.682. The predicted octanol–water partition coefficient (Wildman–Crippen LogP) is 3.42. The van der Waals surface area contributed by atoms with Crippen molar-refractivity contribution in [2.75, 3.05) is 32.9 Å². The summed E-state index contributed by atoms with van der Waals surface area (Å²) in [5.74, 6) is 1.55. The van der Waals surface area contributed by atoms with Gasteiger partial charge in [0.25, 0.3) is 0 Å². The van der Waals surface area contributed by atoms with Gasteiger partial charge in [-0.2, -0.15) is 0 Å². The van der Waals surface area contributed by atoms with Crippen LogP contribution in [0.25, 0.3) is 0 Å². The molecule has 1 spiro atoms. The quantitative estimate of drug-likeness (QED) is 0.717. The number of para-hydroxylation sites is 1. The molecule has 5 nitrogen and oxygen atoms in total.